The Morgan fingerprint density at radius 2 is 1.88 bits per heavy atom. The van der Waals surface area contributed by atoms with E-state index in [1.807, 2.05) is 0 Å². The second-order valence-electron chi connectivity index (χ2n) is 13.5. The fraction of sp³-hybridized carbons (Fsp3) is 0.594. The Balaban J connectivity index is 1.71. The third-order valence-electron chi connectivity index (χ3n) is 7.89. The molecule has 3 rings (SSSR count). The maximum Gasteiger partial charge on any atom is 0.407 e. The second kappa shape index (κ2) is 14.2. The lowest BCUT2D eigenvalue weighted by atomic mass is 9.95. The van der Waals surface area contributed by atoms with Gasteiger partial charge >= 0.3 is 6.09 Å². The SMILES string of the molecule is COc1ccc2ncc(F)c(/C=C/[C@@H]3CC[C@@H](NC(=O)OC(C)(C)C)[C@@H](CC(=O)NCCO[Si](C)(C)C(C)(C)C)O3)c2c1. The van der Waals surface area contributed by atoms with E-state index in [-0.39, 0.29) is 17.4 Å². The molecule has 2 heterocycles. The zero-order chi connectivity index (χ0) is 32.0. The molecule has 9 nitrogen and oxygen atoms in total. The monoisotopic (exact) mass is 617 g/mol. The number of alkyl carbamates (subject to hydrolysis) is 1. The number of carbonyl (C=O) groups is 2. The molecule has 1 saturated heterocycles. The van der Waals surface area contributed by atoms with Crippen LogP contribution in [0.2, 0.25) is 18.1 Å². The van der Waals surface area contributed by atoms with E-state index in [4.69, 9.17) is 18.6 Å². The summed E-state index contributed by atoms with van der Waals surface area (Å²) in [5, 5.41) is 6.50. The number of benzene rings is 1. The molecule has 0 radical (unpaired) electrons. The number of pyridine rings is 1. The van der Waals surface area contributed by atoms with Crippen molar-refractivity contribution in [1.29, 1.82) is 0 Å². The van der Waals surface area contributed by atoms with Crippen molar-refractivity contribution in [1.82, 2.24) is 15.6 Å². The van der Waals surface area contributed by atoms with E-state index >= 15 is 0 Å². The number of hydrogen-bond acceptors (Lipinski definition) is 7. The van der Waals surface area contributed by atoms with Gasteiger partial charge in [0.1, 0.15) is 17.2 Å². The first-order valence-electron chi connectivity index (χ1n) is 14.8. The Hall–Kier alpha value is -3.02. The van der Waals surface area contributed by atoms with E-state index in [1.54, 1.807) is 58.2 Å². The molecule has 2 aromatic rings. The number of hydrogen-bond donors (Lipinski definition) is 2. The summed E-state index contributed by atoms with van der Waals surface area (Å²) in [6.07, 6.45) is 4.23. The van der Waals surface area contributed by atoms with Gasteiger partial charge in [-0.05, 0) is 69.9 Å². The van der Waals surface area contributed by atoms with Gasteiger partial charge in [-0.25, -0.2) is 9.18 Å². The van der Waals surface area contributed by atoms with Gasteiger partial charge < -0.3 is 29.3 Å². The Labute approximate surface area is 256 Å². The summed E-state index contributed by atoms with van der Waals surface area (Å²) in [6.45, 7) is 17.0. The molecule has 238 valence electrons. The van der Waals surface area contributed by atoms with Crippen molar-refractivity contribution in [2.45, 2.75) is 103 Å². The van der Waals surface area contributed by atoms with Gasteiger partial charge in [0.2, 0.25) is 5.91 Å². The van der Waals surface area contributed by atoms with Crippen LogP contribution in [0.25, 0.3) is 17.0 Å². The fourth-order valence-corrected chi connectivity index (χ4v) is 5.55. The number of fused-ring (bicyclic) bond motifs is 1. The number of ether oxygens (including phenoxy) is 3. The molecule has 1 aliphatic heterocycles. The van der Waals surface area contributed by atoms with Gasteiger partial charge in [-0.3, -0.25) is 9.78 Å². The van der Waals surface area contributed by atoms with Crippen LogP contribution in [0.15, 0.2) is 30.5 Å². The molecule has 1 aromatic heterocycles. The van der Waals surface area contributed by atoms with E-state index in [1.165, 1.54) is 6.20 Å². The zero-order valence-corrected chi connectivity index (χ0v) is 28.0. The molecule has 1 aliphatic rings. The van der Waals surface area contributed by atoms with Gasteiger partial charge in [-0.1, -0.05) is 32.9 Å². The molecule has 2 amide bonds. The highest BCUT2D eigenvalue weighted by Crippen LogP contribution is 2.36. The van der Waals surface area contributed by atoms with E-state index in [0.717, 1.165) is 0 Å². The van der Waals surface area contributed by atoms with Gasteiger partial charge in [-0.2, -0.15) is 0 Å². The average molecular weight is 618 g/mol. The number of nitrogens with one attached hydrogen (secondary N) is 2. The van der Waals surface area contributed by atoms with Crippen LogP contribution in [0.5, 0.6) is 5.75 Å². The molecule has 0 saturated carbocycles. The summed E-state index contributed by atoms with van der Waals surface area (Å²) < 4.78 is 38.1. The van der Waals surface area contributed by atoms with Crippen LogP contribution in [0, 0.1) is 5.82 Å². The Morgan fingerprint density at radius 1 is 1.16 bits per heavy atom. The van der Waals surface area contributed by atoms with Crippen molar-refractivity contribution in [2.75, 3.05) is 20.3 Å². The first-order valence-corrected chi connectivity index (χ1v) is 17.8. The molecule has 43 heavy (non-hydrogen) atoms. The number of amides is 2. The van der Waals surface area contributed by atoms with Crippen molar-refractivity contribution in [3.05, 3.63) is 41.9 Å². The van der Waals surface area contributed by atoms with Gasteiger partial charge in [0.05, 0.1) is 50.1 Å². The Bertz CT molecular complexity index is 1300. The maximum absolute atomic E-state index is 14.9. The van der Waals surface area contributed by atoms with Gasteiger partial charge in [0, 0.05) is 17.5 Å². The third-order valence-corrected chi connectivity index (χ3v) is 12.4. The highest BCUT2D eigenvalue weighted by atomic mass is 28.4. The molecule has 2 N–H and O–H groups in total. The summed E-state index contributed by atoms with van der Waals surface area (Å²) >= 11 is 0. The van der Waals surface area contributed by atoms with Crippen molar-refractivity contribution in [3.8, 4) is 5.75 Å². The van der Waals surface area contributed by atoms with Crippen LogP contribution in [0.4, 0.5) is 9.18 Å². The minimum atomic E-state index is -1.92. The minimum Gasteiger partial charge on any atom is -0.497 e. The highest BCUT2D eigenvalue weighted by Gasteiger charge is 2.37. The molecule has 1 fully saturated rings. The van der Waals surface area contributed by atoms with E-state index < -0.39 is 44.1 Å². The molecular weight excluding hydrogens is 569 g/mol. The van der Waals surface area contributed by atoms with Crippen LogP contribution in [0.1, 0.15) is 66.4 Å². The minimum absolute atomic E-state index is 0.0364. The highest BCUT2D eigenvalue weighted by molar-refractivity contribution is 6.74. The zero-order valence-electron chi connectivity index (χ0n) is 27.0. The number of rotatable bonds is 10. The summed E-state index contributed by atoms with van der Waals surface area (Å²) in [4.78, 5) is 29.7. The molecule has 11 heteroatoms. The van der Waals surface area contributed by atoms with Crippen LogP contribution in [-0.2, 0) is 18.7 Å². The van der Waals surface area contributed by atoms with Gasteiger partial charge in [0.15, 0.2) is 8.32 Å². The summed E-state index contributed by atoms with van der Waals surface area (Å²) in [5.74, 6) is -0.0730. The first-order chi connectivity index (χ1) is 20.0. The van der Waals surface area contributed by atoms with E-state index in [9.17, 15) is 14.0 Å². The molecular formula is C32H48FN3O6Si. The van der Waals surface area contributed by atoms with Crippen molar-refractivity contribution < 1.29 is 32.6 Å². The quantitative estimate of drug-likeness (QED) is 0.236. The summed E-state index contributed by atoms with van der Waals surface area (Å²) in [5.41, 5.74) is 0.347. The third kappa shape index (κ3) is 10.0. The van der Waals surface area contributed by atoms with E-state index in [0.29, 0.717) is 48.2 Å². The fourth-order valence-electron chi connectivity index (χ4n) is 4.51. The predicted octanol–water partition coefficient (Wildman–Crippen LogP) is 6.36. The van der Waals surface area contributed by atoms with Gasteiger partial charge in [-0.15, -0.1) is 0 Å². The number of methoxy groups -OCH3 is 1. The smallest absolute Gasteiger partial charge is 0.407 e. The van der Waals surface area contributed by atoms with Crippen molar-refractivity contribution in [2.24, 2.45) is 0 Å². The van der Waals surface area contributed by atoms with Crippen molar-refractivity contribution >= 4 is 37.3 Å². The topological polar surface area (TPSA) is 108 Å². The molecule has 0 bridgehead atoms. The number of nitrogens with zero attached hydrogens (tertiary/aromatic N) is 1. The number of carbonyl (C=O) groups excluding carboxylic acids is 2. The Morgan fingerprint density at radius 3 is 2.53 bits per heavy atom. The second-order valence-corrected chi connectivity index (χ2v) is 18.3. The van der Waals surface area contributed by atoms with Crippen LogP contribution < -0.4 is 15.4 Å². The molecule has 0 aliphatic carbocycles. The number of halogens is 1. The van der Waals surface area contributed by atoms with Crippen molar-refractivity contribution in [3.63, 3.8) is 0 Å². The lowest BCUT2D eigenvalue weighted by molar-refractivity contribution is -0.127. The first kappa shape index (κ1) is 34.5. The predicted molar refractivity (Wildman–Crippen MR) is 169 cm³/mol. The Kier molecular flexibility index (Phi) is 11.4. The summed E-state index contributed by atoms with van der Waals surface area (Å²) in [6, 6.07) is 4.87. The molecule has 3 atom stereocenters. The average Bonchev–Trinajstić information content (AvgIpc) is 2.90. The largest absolute Gasteiger partial charge is 0.497 e. The summed E-state index contributed by atoms with van der Waals surface area (Å²) in [7, 11) is -0.370. The normalized spacial score (nSPS) is 19.8. The van der Waals surface area contributed by atoms with Crippen LogP contribution in [0.3, 0.4) is 0 Å². The van der Waals surface area contributed by atoms with E-state index in [2.05, 4.69) is 49.5 Å². The van der Waals surface area contributed by atoms with Gasteiger partial charge in [0.25, 0.3) is 0 Å². The standard InChI is InChI=1S/C32H48FN3O6Si/c1-31(2,3)42-30(38)36-27-15-11-21(10-13-23-24-18-22(39-7)12-14-26(24)35-20-25(23)33)41-28(27)19-29(37)34-16-17-40-43(8,9)32(4,5)6/h10,12-14,18,20-21,27-28H,11,15-17,19H2,1-9H3,(H,34,37)(H,36,38)/b13-10+/t21-,27-,28-/m1/s1. The lowest BCUT2D eigenvalue weighted by Gasteiger charge is -2.36. The maximum atomic E-state index is 14.9. The number of aromatic nitrogens is 1. The van der Waals surface area contributed by atoms with Crippen LogP contribution >= 0.6 is 0 Å². The molecule has 0 unspecified atom stereocenters. The molecule has 1 aromatic carbocycles. The van der Waals surface area contributed by atoms with Crippen LogP contribution in [-0.4, -0.2) is 69.4 Å². The lowest BCUT2D eigenvalue weighted by Crippen LogP contribution is -2.51. The molecule has 0 spiro atoms.